The van der Waals surface area contributed by atoms with E-state index in [9.17, 15) is 4.79 Å². The molecule has 1 fully saturated rings. The number of rotatable bonds is 9. The van der Waals surface area contributed by atoms with Crippen molar-refractivity contribution in [1.82, 2.24) is 0 Å². The van der Waals surface area contributed by atoms with Gasteiger partial charge in [-0.2, -0.15) is 0 Å². The average Bonchev–Trinajstić information content (AvgIpc) is 2.74. The Morgan fingerprint density at radius 1 is 0.786 bits per heavy atom. The summed E-state index contributed by atoms with van der Waals surface area (Å²) < 4.78 is 0. The summed E-state index contributed by atoms with van der Waals surface area (Å²) in [6, 6.07) is 17.8. The maximum Gasteiger partial charge on any atom is 0.140 e. The van der Waals surface area contributed by atoms with Gasteiger partial charge in [-0.15, -0.1) is 0 Å². The van der Waals surface area contributed by atoms with E-state index in [1.54, 1.807) is 0 Å². The van der Waals surface area contributed by atoms with Gasteiger partial charge in [0.2, 0.25) is 0 Å². The van der Waals surface area contributed by atoms with Crippen molar-refractivity contribution in [3.05, 3.63) is 59.7 Å². The molecular weight excluding hydrogens is 340 g/mol. The Hall–Kier alpha value is -1.89. The minimum Gasteiger partial charge on any atom is -0.299 e. The van der Waals surface area contributed by atoms with Crippen LogP contribution in [0.25, 0.3) is 11.1 Å². The Morgan fingerprint density at radius 2 is 1.43 bits per heavy atom. The quantitative estimate of drug-likeness (QED) is 0.409. The minimum atomic E-state index is 0.118. The van der Waals surface area contributed by atoms with Crippen molar-refractivity contribution < 1.29 is 4.79 Å². The molecule has 0 aliphatic heterocycles. The molecule has 0 aromatic heterocycles. The summed E-state index contributed by atoms with van der Waals surface area (Å²) in [5.74, 6) is 1.16. The van der Waals surface area contributed by atoms with Crippen LogP contribution in [-0.4, -0.2) is 5.78 Å². The van der Waals surface area contributed by atoms with Crippen molar-refractivity contribution in [1.29, 1.82) is 0 Å². The Morgan fingerprint density at radius 3 is 2.04 bits per heavy atom. The first-order chi connectivity index (χ1) is 13.7. The summed E-state index contributed by atoms with van der Waals surface area (Å²) >= 11 is 0. The van der Waals surface area contributed by atoms with E-state index in [1.807, 2.05) is 0 Å². The lowest BCUT2D eigenvalue weighted by atomic mass is 9.77. The summed E-state index contributed by atoms with van der Waals surface area (Å²) in [7, 11) is 0. The van der Waals surface area contributed by atoms with Crippen LogP contribution in [-0.2, 0) is 11.2 Å². The fourth-order valence-corrected chi connectivity index (χ4v) is 4.50. The van der Waals surface area contributed by atoms with Crippen molar-refractivity contribution in [2.24, 2.45) is 5.92 Å². The van der Waals surface area contributed by atoms with Crippen LogP contribution in [0, 0.1) is 5.92 Å². The normalized spacial score (nSPS) is 19.7. The van der Waals surface area contributed by atoms with Gasteiger partial charge in [0.05, 0.1) is 0 Å². The molecule has 0 spiro atoms. The van der Waals surface area contributed by atoms with E-state index in [0.29, 0.717) is 11.7 Å². The zero-order valence-corrected chi connectivity index (χ0v) is 17.8. The standard InChI is InChI=1S/C27H36O/c1-3-5-6-7-8-9-22-10-13-23(14-11-22)24-15-17-25(18-16-24)26-19-12-21(4-2)20-27(26)28/h10-11,13-18,21,26H,3-9,12,19-20H2,1-2H3. The van der Waals surface area contributed by atoms with Crippen LogP contribution in [0.5, 0.6) is 0 Å². The summed E-state index contributed by atoms with van der Waals surface area (Å²) in [5, 5.41) is 0. The molecule has 0 radical (unpaired) electrons. The van der Waals surface area contributed by atoms with Gasteiger partial charge in [-0.1, -0.05) is 94.5 Å². The fourth-order valence-electron chi connectivity index (χ4n) is 4.50. The van der Waals surface area contributed by atoms with Gasteiger partial charge in [-0.3, -0.25) is 4.79 Å². The molecule has 28 heavy (non-hydrogen) atoms. The molecule has 2 unspecified atom stereocenters. The number of carbonyl (C=O) groups is 1. The van der Waals surface area contributed by atoms with Crippen LogP contribution >= 0.6 is 0 Å². The van der Waals surface area contributed by atoms with E-state index in [1.165, 1.54) is 67.2 Å². The fraction of sp³-hybridized carbons (Fsp3) is 0.519. The van der Waals surface area contributed by atoms with E-state index in [0.717, 1.165) is 19.3 Å². The van der Waals surface area contributed by atoms with E-state index in [2.05, 4.69) is 62.4 Å². The van der Waals surface area contributed by atoms with Crippen molar-refractivity contribution in [3.8, 4) is 11.1 Å². The highest BCUT2D eigenvalue weighted by atomic mass is 16.1. The van der Waals surface area contributed by atoms with Crippen LogP contribution < -0.4 is 0 Å². The van der Waals surface area contributed by atoms with Crippen molar-refractivity contribution in [3.63, 3.8) is 0 Å². The van der Waals surface area contributed by atoms with E-state index < -0.39 is 0 Å². The maximum absolute atomic E-state index is 12.5. The van der Waals surface area contributed by atoms with Crippen LogP contribution in [0.1, 0.15) is 88.7 Å². The maximum atomic E-state index is 12.5. The molecular formula is C27H36O. The number of carbonyl (C=O) groups excluding carboxylic acids is 1. The molecule has 0 bridgehead atoms. The smallest absolute Gasteiger partial charge is 0.140 e. The van der Waals surface area contributed by atoms with Crippen molar-refractivity contribution in [2.75, 3.05) is 0 Å². The highest BCUT2D eigenvalue weighted by Gasteiger charge is 2.28. The molecule has 1 saturated carbocycles. The molecule has 0 amide bonds. The molecule has 1 nitrogen and oxygen atoms in total. The molecule has 1 heteroatoms. The van der Waals surface area contributed by atoms with Gasteiger partial charge in [0.25, 0.3) is 0 Å². The van der Waals surface area contributed by atoms with Gasteiger partial charge in [0.1, 0.15) is 5.78 Å². The second kappa shape index (κ2) is 10.6. The topological polar surface area (TPSA) is 17.1 Å². The number of ketones is 1. The molecule has 0 N–H and O–H groups in total. The molecule has 3 rings (SSSR count). The molecule has 2 atom stereocenters. The highest BCUT2D eigenvalue weighted by Crippen LogP contribution is 2.35. The molecule has 2 aromatic carbocycles. The predicted octanol–water partition coefficient (Wildman–Crippen LogP) is 7.73. The second-order valence-electron chi connectivity index (χ2n) is 8.56. The summed E-state index contributed by atoms with van der Waals surface area (Å²) in [4.78, 5) is 12.5. The van der Waals surface area contributed by atoms with Crippen LogP contribution in [0.15, 0.2) is 48.5 Å². The number of aryl methyl sites for hydroxylation is 1. The third kappa shape index (κ3) is 5.56. The van der Waals surface area contributed by atoms with Crippen LogP contribution in [0.3, 0.4) is 0 Å². The first-order valence-corrected chi connectivity index (χ1v) is 11.4. The van der Waals surface area contributed by atoms with Crippen LogP contribution in [0.2, 0.25) is 0 Å². The van der Waals surface area contributed by atoms with Gasteiger partial charge >= 0.3 is 0 Å². The number of unbranched alkanes of at least 4 members (excludes halogenated alkanes) is 4. The first kappa shape index (κ1) is 20.8. The average molecular weight is 377 g/mol. The van der Waals surface area contributed by atoms with Gasteiger partial charge in [-0.05, 0) is 53.9 Å². The monoisotopic (exact) mass is 376 g/mol. The zero-order chi connectivity index (χ0) is 19.8. The third-order valence-corrected chi connectivity index (χ3v) is 6.49. The molecule has 1 aliphatic rings. The van der Waals surface area contributed by atoms with Gasteiger partial charge in [-0.25, -0.2) is 0 Å². The third-order valence-electron chi connectivity index (χ3n) is 6.49. The minimum absolute atomic E-state index is 0.118. The largest absolute Gasteiger partial charge is 0.299 e. The lowest BCUT2D eigenvalue weighted by molar-refractivity contribution is -0.123. The van der Waals surface area contributed by atoms with Crippen LogP contribution in [0.4, 0.5) is 0 Å². The number of Topliss-reactive ketones (excluding diaryl/α,β-unsaturated/α-hetero) is 1. The number of benzene rings is 2. The van der Waals surface area contributed by atoms with E-state index in [-0.39, 0.29) is 5.92 Å². The summed E-state index contributed by atoms with van der Waals surface area (Å²) in [6.45, 7) is 4.46. The highest BCUT2D eigenvalue weighted by molar-refractivity contribution is 5.86. The van der Waals surface area contributed by atoms with Gasteiger partial charge in [0, 0.05) is 12.3 Å². The van der Waals surface area contributed by atoms with E-state index in [4.69, 9.17) is 0 Å². The molecule has 150 valence electrons. The zero-order valence-electron chi connectivity index (χ0n) is 17.8. The number of hydrogen-bond acceptors (Lipinski definition) is 1. The van der Waals surface area contributed by atoms with E-state index >= 15 is 0 Å². The Kier molecular flexibility index (Phi) is 7.89. The second-order valence-corrected chi connectivity index (χ2v) is 8.56. The van der Waals surface area contributed by atoms with Gasteiger partial charge < -0.3 is 0 Å². The van der Waals surface area contributed by atoms with Crippen molar-refractivity contribution in [2.45, 2.75) is 84.0 Å². The first-order valence-electron chi connectivity index (χ1n) is 11.4. The molecule has 2 aromatic rings. The Balaban J connectivity index is 1.57. The molecule has 0 heterocycles. The number of hydrogen-bond donors (Lipinski definition) is 0. The summed E-state index contributed by atoms with van der Waals surface area (Å²) in [6.07, 6.45) is 12.0. The predicted molar refractivity (Wildman–Crippen MR) is 120 cm³/mol. The lowest BCUT2D eigenvalue weighted by Gasteiger charge is -2.27. The lowest BCUT2D eigenvalue weighted by Crippen LogP contribution is -2.23. The molecule has 1 aliphatic carbocycles. The SMILES string of the molecule is CCCCCCCc1ccc(-c2ccc(C3CCC(CC)CC3=O)cc2)cc1. The van der Waals surface area contributed by atoms with Crippen molar-refractivity contribution >= 4 is 5.78 Å². The summed E-state index contributed by atoms with van der Waals surface area (Å²) in [5.41, 5.74) is 5.15. The van der Waals surface area contributed by atoms with Gasteiger partial charge in [0.15, 0.2) is 0 Å². The molecule has 0 saturated heterocycles. The Bertz CT molecular complexity index is 726. The Labute approximate surface area is 171 Å².